The van der Waals surface area contributed by atoms with Crippen LogP contribution in [-0.2, 0) is 14.8 Å². The number of hydrogen-bond donors (Lipinski definition) is 3. The first-order chi connectivity index (χ1) is 20.5. The summed E-state index contributed by atoms with van der Waals surface area (Å²) >= 11 is 0. The second-order valence-corrected chi connectivity index (χ2v) is 9.98. The van der Waals surface area contributed by atoms with Crippen LogP contribution in [-0.4, -0.2) is 45.6 Å². The van der Waals surface area contributed by atoms with Crippen LogP contribution in [0.4, 0.5) is 55.2 Å². The van der Waals surface area contributed by atoms with Crippen molar-refractivity contribution in [1.82, 2.24) is 9.97 Å². The Morgan fingerprint density at radius 2 is 1.51 bits per heavy atom. The van der Waals surface area contributed by atoms with Gasteiger partial charge < -0.3 is 24.8 Å². The van der Waals surface area contributed by atoms with Crippen molar-refractivity contribution in [2.75, 3.05) is 42.5 Å². The Morgan fingerprint density at radius 1 is 0.814 bits per heavy atom. The summed E-state index contributed by atoms with van der Waals surface area (Å²) in [6, 6.07) is 11.6. The fourth-order valence-corrected chi connectivity index (χ4v) is 4.80. The molecule has 0 spiro atoms. The summed E-state index contributed by atoms with van der Waals surface area (Å²) in [5, 5.41) is 5.50. The Bertz CT molecular complexity index is 1710. The van der Waals surface area contributed by atoms with Gasteiger partial charge in [0, 0.05) is 18.5 Å². The number of sulfonamides is 1. The highest BCUT2D eigenvalue weighted by molar-refractivity contribution is 7.92. The third-order valence-electron chi connectivity index (χ3n) is 5.44. The smallest absolute Gasteiger partial charge is 0.268 e. The number of nitrogens with one attached hydrogen (secondary N) is 3. The maximum absolute atomic E-state index is 14.5. The van der Waals surface area contributed by atoms with E-state index in [0.717, 1.165) is 18.3 Å². The van der Waals surface area contributed by atoms with Gasteiger partial charge in [-0.2, -0.15) is 9.37 Å². The lowest BCUT2D eigenvalue weighted by Crippen LogP contribution is -2.19. The summed E-state index contributed by atoms with van der Waals surface area (Å²) in [6.45, 7) is -1.10. The summed E-state index contributed by atoms with van der Waals surface area (Å²) in [7, 11) is -3.67. The Kier molecular flexibility index (Phi) is 9.77. The number of aromatic nitrogens is 2. The van der Waals surface area contributed by atoms with Gasteiger partial charge in [0.05, 0.1) is 18.5 Å². The zero-order chi connectivity index (χ0) is 31.1. The largest absolute Gasteiger partial charge is 0.491 e. The van der Waals surface area contributed by atoms with Gasteiger partial charge in [-0.25, -0.2) is 35.4 Å². The summed E-state index contributed by atoms with van der Waals surface area (Å²) in [6.07, 6.45) is 0.874. The lowest BCUT2D eigenvalue weighted by Gasteiger charge is -2.15. The van der Waals surface area contributed by atoms with Crippen molar-refractivity contribution in [2.45, 2.75) is 4.90 Å². The SMILES string of the molecule is COCCOc1ccc(Nc2ncc(F)c(Nc3cccc(NS(=O)(=O)c4c(F)c(F)c(F)c(F)c4OCF)c3)n2)cc1. The molecule has 0 atom stereocenters. The Morgan fingerprint density at radius 3 is 2.21 bits per heavy atom. The summed E-state index contributed by atoms with van der Waals surface area (Å²) < 4.78 is 125. The molecular weight excluding hydrogens is 608 g/mol. The van der Waals surface area contributed by atoms with Gasteiger partial charge in [0.25, 0.3) is 10.0 Å². The molecule has 0 bridgehead atoms. The van der Waals surface area contributed by atoms with Crippen LogP contribution in [0.2, 0.25) is 0 Å². The number of ether oxygens (including phenoxy) is 3. The van der Waals surface area contributed by atoms with Crippen LogP contribution >= 0.6 is 0 Å². The molecule has 3 N–H and O–H groups in total. The Balaban J connectivity index is 1.53. The molecule has 0 aliphatic carbocycles. The molecule has 17 heteroatoms. The number of benzene rings is 3. The summed E-state index contributed by atoms with van der Waals surface area (Å²) in [4.78, 5) is 6.13. The molecule has 0 aliphatic heterocycles. The number of methoxy groups -OCH3 is 1. The van der Waals surface area contributed by atoms with Crippen LogP contribution in [0.5, 0.6) is 11.5 Å². The molecule has 1 aromatic heterocycles. The molecular formula is C26H21F6N5O5S. The highest BCUT2D eigenvalue weighted by atomic mass is 32.2. The Hall–Kier alpha value is -4.77. The number of nitrogens with zero attached hydrogens (tertiary/aromatic N) is 2. The van der Waals surface area contributed by atoms with Gasteiger partial charge in [0.2, 0.25) is 24.4 Å². The van der Waals surface area contributed by atoms with E-state index in [1.165, 1.54) is 12.1 Å². The van der Waals surface area contributed by atoms with Crippen LogP contribution < -0.4 is 24.8 Å². The van der Waals surface area contributed by atoms with E-state index in [2.05, 4.69) is 25.3 Å². The number of hydrogen-bond acceptors (Lipinski definition) is 9. The molecule has 0 saturated heterocycles. The molecule has 3 aromatic carbocycles. The molecule has 0 radical (unpaired) electrons. The molecule has 0 saturated carbocycles. The average molecular weight is 630 g/mol. The predicted octanol–water partition coefficient (Wildman–Crippen LogP) is 5.79. The van der Waals surface area contributed by atoms with Crippen LogP contribution in [0, 0.1) is 29.1 Å². The first-order valence-corrected chi connectivity index (χ1v) is 13.5. The standard InChI is InChI=1S/C26H21F6N5O5S/c1-40-9-10-41-17-7-5-14(6-8-17)35-26-33-12-18(28)25(36-26)34-15-3-2-4-16(11-15)37-43(38,39)24-22(32)20(30)19(29)21(31)23(24)42-13-27/h2-8,11-12,37H,9-10,13H2,1H3,(H2,33,34,35,36). The summed E-state index contributed by atoms with van der Waals surface area (Å²) in [5.41, 5.74) is 0.282. The first-order valence-electron chi connectivity index (χ1n) is 12.0. The van der Waals surface area contributed by atoms with E-state index in [1.54, 1.807) is 31.4 Å². The molecule has 228 valence electrons. The van der Waals surface area contributed by atoms with Crippen LogP contribution in [0.3, 0.4) is 0 Å². The van der Waals surface area contributed by atoms with Crippen molar-refractivity contribution in [3.63, 3.8) is 0 Å². The third-order valence-corrected chi connectivity index (χ3v) is 6.85. The second-order valence-electron chi connectivity index (χ2n) is 8.36. The van der Waals surface area contributed by atoms with E-state index in [0.29, 0.717) is 24.7 Å². The van der Waals surface area contributed by atoms with E-state index < -0.39 is 56.6 Å². The van der Waals surface area contributed by atoms with Crippen molar-refractivity contribution in [2.24, 2.45) is 0 Å². The van der Waals surface area contributed by atoms with Crippen molar-refractivity contribution in [3.05, 3.63) is 83.8 Å². The third kappa shape index (κ3) is 7.36. The topological polar surface area (TPSA) is 124 Å². The van der Waals surface area contributed by atoms with Gasteiger partial charge in [-0.05, 0) is 42.5 Å². The molecule has 0 unspecified atom stereocenters. The second kappa shape index (κ2) is 13.5. The molecule has 4 rings (SSSR count). The highest BCUT2D eigenvalue weighted by Gasteiger charge is 2.34. The maximum atomic E-state index is 14.5. The predicted molar refractivity (Wildman–Crippen MR) is 142 cm³/mol. The zero-order valence-electron chi connectivity index (χ0n) is 21.9. The average Bonchev–Trinajstić information content (AvgIpc) is 2.97. The minimum absolute atomic E-state index is 0.00922. The number of anilines is 5. The summed E-state index contributed by atoms with van der Waals surface area (Å²) in [5.74, 6) is -11.8. The van der Waals surface area contributed by atoms with E-state index >= 15 is 0 Å². The van der Waals surface area contributed by atoms with Crippen molar-refractivity contribution in [1.29, 1.82) is 0 Å². The van der Waals surface area contributed by atoms with Crippen molar-refractivity contribution >= 4 is 38.9 Å². The molecule has 43 heavy (non-hydrogen) atoms. The minimum atomic E-state index is -5.22. The number of rotatable bonds is 13. The van der Waals surface area contributed by atoms with Crippen molar-refractivity contribution < 1.29 is 49.0 Å². The molecule has 0 amide bonds. The highest BCUT2D eigenvalue weighted by Crippen LogP contribution is 2.35. The van der Waals surface area contributed by atoms with Crippen molar-refractivity contribution in [3.8, 4) is 11.5 Å². The van der Waals surface area contributed by atoms with Gasteiger partial charge in [-0.15, -0.1) is 0 Å². The van der Waals surface area contributed by atoms with E-state index in [-0.39, 0.29) is 23.1 Å². The van der Waals surface area contributed by atoms with Gasteiger partial charge in [-0.1, -0.05) is 6.07 Å². The van der Waals surface area contributed by atoms with E-state index in [9.17, 15) is 34.8 Å². The lowest BCUT2D eigenvalue weighted by atomic mass is 10.3. The maximum Gasteiger partial charge on any atom is 0.268 e. The fourth-order valence-electron chi connectivity index (χ4n) is 3.54. The van der Waals surface area contributed by atoms with Gasteiger partial charge >= 0.3 is 0 Å². The van der Waals surface area contributed by atoms with Gasteiger partial charge in [0.1, 0.15) is 12.4 Å². The first kappa shape index (κ1) is 31.2. The lowest BCUT2D eigenvalue weighted by molar-refractivity contribution is 0.146. The number of alkyl halides is 1. The van der Waals surface area contributed by atoms with Crippen LogP contribution in [0.1, 0.15) is 0 Å². The molecule has 0 fully saturated rings. The number of halogens is 6. The Labute approximate surface area is 240 Å². The normalized spacial score (nSPS) is 11.2. The molecule has 1 heterocycles. The fraction of sp³-hybridized carbons (Fsp3) is 0.154. The van der Waals surface area contributed by atoms with E-state index in [1.807, 2.05) is 4.72 Å². The van der Waals surface area contributed by atoms with Gasteiger partial charge in [0.15, 0.2) is 33.9 Å². The monoisotopic (exact) mass is 629 g/mol. The quantitative estimate of drug-likeness (QED) is 0.0730. The zero-order valence-corrected chi connectivity index (χ0v) is 22.7. The molecule has 4 aromatic rings. The van der Waals surface area contributed by atoms with Crippen LogP contribution in [0.25, 0.3) is 0 Å². The van der Waals surface area contributed by atoms with Crippen LogP contribution in [0.15, 0.2) is 59.6 Å². The van der Waals surface area contributed by atoms with E-state index in [4.69, 9.17) is 9.47 Å². The molecule has 0 aliphatic rings. The minimum Gasteiger partial charge on any atom is -0.491 e. The molecule has 10 nitrogen and oxygen atoms in total. The van der Waals surface area contributed by atoms with Gasteiger partial charge in [-0.3, -0.25) is 4.72 Å².